The van der Waals surface area contributed by atoms with Gasteiger partial charge in [-0.25, -0.2) is 4.68 Å². The number of aromatic nitrogens is 2. The summed E-state index contributed by atoms with van der Waals surface area (Å²) in [5, 5.41) is 8.36. The smallest absolute Gasteiger partial charge is 0.259 e. The number of anilines is 1. The van der Waals surface area contributed by atoms with Gasteiger partial charge in [0.15, 0.2) is 0 Å². The Morgan fingerprint density at radius 3 is 2.42 bits per heavy atom. The highest BCUT2D eigenvalue weighted by molar-refractivity contribution is 5.99. The number of hydrogen-bond donors (Lipinski definition) is 1. The Labute approximate surface area is 214 Å². The standard InChI is InChI=1S/C30H38N4O2/c1-6-30(7-2)17-24(36-23-15-13-21(3)14-16-23)20-33(30)28(35)25-19-31-34-27(25)32-26(18-29(34,4)5)22-11-9-8-10-12-22/h8-16,19,24,26,32H,6-7,17-18,20H2,1-5H3. The van der Waals surface area contributed by atoms with Crippen molar-refractivity contribution in [2.45, 2.75) is 83.5 Å². The third-order valence-electron chi connectivity index (χ3n) is 8.24. The van der Waals surface area contributed by atoms with Crippen LogP contribution in [-0.4, -0.2) is 38.8 Å². The number of aryl methyl sites for hydroxylation is 1. The van der Waals surface area contributed by atoms with Crippen molar-refractivity contribution < 1.29 is 9.53 Å². The number of carbonyl (C=O) groups is 1. The Bertz CT molecular complexity index is 1210. The van der Waals surface area contributed by atoms with E-state index in [1.165, 1.54) is 11.1 Å². The third-order valence-corrected chi connectivity index (χ3v) is 8.24. The number of nitrogens with one attached hydrogen (secondary N) is 1. The van der Waals surface area contributed by atoms with Gasteiger partial charge in [-0.2, -0.15) is 5.10 Å². The van der Waals surface area contributed by atoms with Crippen molar-refractivity contribution >= 4 is 11.7 Å². The van der Waals surface area contributed by atoms with Crippen LogP contribution in [0.25, 0.3) is 0 Å². The molecule has 190 valence electrons. The lowest BCUT2D eigenvalue weighted by molar-refractivity contribution is 0.0571. The van der Waals surface area contributed by atoms with Crippen molar-refractivity contribution in [2.24, 2.45) is 0 Å². The SMILES string of the molecule is CCC1(CC)CC(Oc2ccc(C)cc2)CN1C(=O)c1cnn2c1NC(c1ccccc1)CC2(C)C. The van der Waals surface area contributed by atoms with Gasteiger partial charge in [-0.1, -0.05) is 61.9 Å². The zero-order valence-electron chi connectivity index (χ0n) is 22.1. The molecule has 0 bridgehead atoms. The van der Waals surface area contributed by atoms with Gasteiger partial charge in [-0.3, -0.25) is 4.79 Å². The topological polar surface area (TPSA) is 59.4 Å². The highest BCUT2D eigenvalue weighted by atomic mass is 16.5. The minimum atomic E-state index is -0.232. The zero-order chi connectivity index (χ0) is 25.5. The molecule has 2 aromatic carbocycles. The van der Waals surface area contributed by atoms with Crippen LogP contribution in [0.15, 0.2) is 60.8 Å². The van der Waals surface area contributed by atoms with Crippen LogP contribution in [-0.2, 0) is 5.54 Å². The van der Waals surface area contributed by atoms with Gasteiger partial charge in [-0.15, -0.1) is 0 Å². The molecule has 36 heavy (non-hydrogen) atoms. The van der Waals surface area contributed by atoms with Crippen molar-refractivity contribution in [2.75, 3.05) is 11.9 Å². The summed E-state index contributed by atoms with van der Waals surface area (Å²) in [5.74, 6) is 1.71. The van der Waals surface area contributed by atoms with Gasteiger partial charge < -0.3 is 15.0 Å². The molecule has 1 N–H and O–H groups in total. The van der Waals surface area contributed by atoms with Gasteiger partial charge in [-0.05, 0) is 57.7 Å². The van der Waals surface area contributed by atoms with E-state index in [2.05, 4.69) is 81.2 Å². The summed E-state index contributed by atoms with van der Waals surface area (Å²) >= 11 is 0. The Balaban J connectivity index is 1.44. The van der Waals surface area contributed by atoms with Crippen LogP contribution in [0.3, 0.4) is 0 Å². The van der Waals surface area contributed by atoms with Crippen LogP contribution < -0.4 is 10.1 Å². The Morgan fingerprint density at radius 2 is 1.75 bits per heavy atom. The van der Waals surface area contributed by atoms with Crippen molar-refractivity contribution in [3.05, 3.63) is 77.5 Å². The van der Waals surface area contributed by atoms with Crippen LogP contribution in [0.2, 0.25) is 0 Å². The lowest BCUT2D eigenvalue weighted by Crippen LogP contribution is -2.47. The lowest BCUT2D eigenvalue weighted by Gasteiger charge is -2.39. The number of amides is 1. The molecule has 2 aliphatic heterocycles. The number of likely N-dealkylation sites (tertiary alicyclic amines) is 1. The summed E-state index contributed by atoms with van der Waals surface area (Å²) in [5.41, 5.74) is 2.63. The van der Waals surface area contributed by atoms with E-state index in [0.717, 1.165) is 37.3 Å². The minimum absolute atomic E-state index is 0.0342. The number of hydrogen-bond acceptors (Lipinski definition) is 4. The normalized spacial score (nSPS) is 22.1. The minimum Gasteiger partial charge on any atom is -0.488 e. The molecule has 6 heteroatoms. The molecule has 0 saturated carbocycles. The first-order chi connectivity index (χ1) is 17.3. The van der Waals surface area contributed by atoms with Gasteiger partial charge in [0.2, 0.25) is 0 Å². The molecule has 1 saturated heterocycles. The van der Waals surface area contributed by atoms with Gasteiger partial charge in [0.05, 0.1) is 24.3 Å². The maximum Gasteiger partial charge on any atom is 0.259 e. The molecule has 5 rings (SSSR count). The fourth-order valence-corrected chi connectivity index (χ4v) is 6.04. The Morgan fingerprint density at radius 1 is 1.06 bits per heavy atom. The Kier molecular flexibility index (Phi) is 6.31. The van der Waals surface area contributed by atoms with E-state index in [-0.39, 0.29) is 29.1 Å². The molecule has 6 nitrogen and oxygen atoms in total. The molecule has 2 aliphatic rings. The van der Waals surface area contributed by atoms with Crippen LogP contribution in [0.4, 0.5) is 5.82 Å². The predicted octanol–water partition coefficient (Wildman–Crippen LogP) is 6.34. The zero-order valence-corrected chi connectivity index (χ0v) is 22.1. The maximum absolute atomic E-state index is 14.2. The van der Waals surface area contributed by atoms with Crippen LogP contribution in [0.1, 0.15) is 80.9 Å². The van der Waals surface area contributed by atoms with E-state index >= 15 is 0 Å². The van der Waals surface area contributed by atoms with Gasteiger partial charge >= 0.3 is 0 Å². The van der Waals surface area contributed by atoms with Gasteiger partial charge in [0.25, 0.3) is 5.91 Å². The highest BCUT2D eigenvalue weighted by Crippen LogP contribution is 2.43. The molecule has 1 aromatic heterocycles. The van der Waals surface area contributed by atoms with Crippen LogP contribution >= 0.6 is 0 Å². The van der Waals surface area contributed by atoms with Gasteiger partial charge in [0.1, 0.15) is 23.2 Å². The van der Waals surface area contributed by atoms with Crippen molar-refractivity contribution in [3.8, 4) is 5.75 Å². The average molecular weight is 487 g/mol. The first-order valence-corrected chi connectivity index (χ1v) is 13.2. The van der Waals surface area contributed by atoms with E-state index in [1.807, 2.05) is 22.9 Å². The van der Waals surface area contributed by atoms with Gasteiger partial charge in [0, 0.05) is 12.0 Å². The fraction of sp³-hybridized carbons (Fsp3) is 0.467. The second kappa shape index (κ2) is 9.30. The predicted molar refractivity (Wildman–Crippen MR) is 144 cm³/mol. The highest BCUT2D eigenvalue weighted by Gasteiger charge is 2.48. The molecule has 1 fully saturated rings. The average Bonchev–Trinajstić information content (AvgIpc) is 3.48. The molecule has 0 radical (unpaired) electrons. The number of ether oxygens (including phenoxy) is 1. The van der Waals surface area contributed by atoms with Crippen molar-refractivity contribution in [1.29, 1.82) is 0 Å². The van der Waals surface area contributed by atoms with Crippen molar-refractivity contribution in [3.63, 3.8) is 0 Å². The fourth-order valence-electron chi connectivity index (χ4n) is 6.04. The van der Waals surface area contributed by atoms with E-state index in [0.29, 0.717) is 12.1 Å². The summed E-state index contributed by atoms with van der Waals surface area (Å²) in [6, 6.07) is 18.7. The number of carbonyl (C=O) groups excluding carboxylic acids is 1. The molecule has 0 aliphatic carbocycles. The lowest BCUT2D eigenvalue weighted by atomic mass is 9.88. The number of nitrogens with zero attached hydrogens (tertiary/aromatic N) is 3. The molecule has 0 spiro atoms. The molecule has 1 amide bonds. The molecule has 3 aromatic rings. The summed E-state index contributed by atoms with van der Waals surface area (Å²) in [6.45, 7) is 11.4. The van der Waals surface area contributed by atoms with E-state index < -0.39 is 0 Å². The first-order valence-electron chi connectivity index (χ1n) is 13.2. The molecule has 2 unspecified atom stereocenters. The largest absolute Gasteiger partial charge is 0.488 e. The number of fused-ring (bicyclic) bond motifs is 1. The molecule has 2 atom stereocenters. The van der Waals surface area contributed by atoms with Crippen LogP contribution in [0.5, 0.6) is 5.75 Å². The summed E-state index contributed by atoms with van der Waals surface area (Å²) < 4.78 is 8.37. The summed E-state index contributed by atoms with van der Waals surface area (Å²) in [4.78, 5) is 16.2. The molecular formula is C30H38N4O2. The summed E-state index contributed by atoms with van der Waals surface area (Å²) in [6.07, 6.45) is 5.21. The quantitative estimate of drug-likeness (QED) is 0.442. The molecule has 3 heterocycles. The second-order valence-corrected chi connectivity index (χ2v) is 11.0. The van der Waals surface area contributed by atoms with Crippen molar-refractivity contribution in [1.82, 2.24) is 14.7 Å². The maximum atomic E-state index is 14.2. The first kappa shape index (κ1) is 24.4. The van der Waals surface area contributed by atoms with E-state index in [9.17, 15) is 4.79 Å². The summed E-state index contributed by atoms with van der Waals surface area (Å²) in [7, 11) is 0. The number of rotatable bonds is 6. The third kappa shape index (κ3) is 4.27. The van der Waals surface area contributed by atoms with E-state index in [4.69, 9.17) is 9.84 Å². The second-order valence-electron chi connectivity index (χ2n) is 11.0. The molecular weight excluding hydrogens is 448 g/mol. The van der Waals surface area contributed by atoms with E-state index in [1.54, 1.807) is 6.20 Å². The van der Waals surface area contributed by atoms with Crippen LogP contribution in [0, 0.1) is 6.92 Å². The monoisotopic (exact) mass is 486 g/mol. The number of benzene rings is 2. The Hall–Kier alpha value is -3.28.